The van der Waals surface area contributed by atoms with E-state index in [-0.39, 0.29) is 5.56 Å². The van der Waals surface area contributed by atoms with Crippen molar-refractivity contribution in [3.05, 3.63) is 72.3 Å². The molecule has 1 amide bonds. The number of phenolic OH excluding ortho intramolecular Hbond substituents is 3. The summed E-state index contributed by atoms with van der Waals surface area (Å²) in [5.41, 5.74) is 2.40. The van der Waals surface area contributed by atoms with Crippen LogP contribution in [0.15, 0.2) is 66.7 Å². The third-order valence-corrected chi connectivity index (χ3v) is 3.54. The molecule has 0 unspecified atom stereocenters. The highest BCUT2D eigenvalue weighted by Crippen LogP contribution is 2.35. The first-order chi connectivity index (χ1) is 12.0. The average molecular weight is 336 g/mol. The minimum absolute atomic E-state index is 0.0271. The Morgan fingerprint density at radius 1 is 0.720 bits per heavy atom. The molecular weight excluding hydrogens is 320 g/mol. The standard InChI is InChI=1S/C19H16N2O4/c22-16-10-12(11-17(23)18(16)24)19(25)21-15-8-6-14(7-9-15)20-13-4-2-1-3-5-13/h1-11,20,22-24H,(H,21,25). The first-order valence-corrected chi connectivity index (χ1v) is 7.51. The fourth-order valence-electron chi connectivity index (χ4n) is 2.26. The van der Waals surface area contributed by atoms with Crippen molar-refractivity contribution < 1.29 is 20.1 Å². The lowest BCUT2D eigenvalue weighted by molar-refractivity contribution is 0.102. The normalized spacial score (nSPS) is 10.2. The van der Waals surface area contributed by atoms with Crippen molar-refractivity contribution in [3.63, 3.8) is 0 Å². The lowest BCUT2D eigenvalue weighted by Gasteiger charge is -2.09. The van der Waals surface area contributed by atoms with Crippen molar-refractivity contribution in [3.8, 4) is 17.2 Å². The number of nitrogens with one attached hydrogen (secondary N) is 2. The Morgan fingerprint density at radius 2 is 1.24 bits per heavy atom. The number of hydrogen-bond acceptors (Lipinski definition) is 5. The summed E-state index contributed by atoms with van der Waals surface area (Å²) >= 11 is 0. The maximum Gasteiger partial charge on any atom is 0.255 e. The van der Waals surface area contributed by atoms with Crippen LogP contribution in [0, 0.1) is 0 Å². The number of carbonyl (C=O) groups excluding carboxylic acids is 1. The van der Waals surface area contributed by atoms with E-state index >= 15 is 0 Å². The lowest BCUT2D eigenvalue weighted by Crippen LogP contribution is -2.11. The SMILES string of the molecule is O=C(Nc1ccc(Nc2ccccc2)cc1)c1cc(O)c(O)c(O)c1. The summed E-state index contributed by atoms with van der Waals surface area (Å²) in [4.78, 5) is 12.2. The van der Waals surface area contributed by atoms with Crippen molar-refractivity contribution in [1.82, 2.24) is 0 Å². The Balaban J connectivity index is 1.70. The van der Waals surface area contributed by atoms with E-state index in [1.54, 1.807) is 12.1 Å². The van der Waals surface area contributed by atoms with Gasteiger partial charge in [-0.1, -0.05) is 18.2 Å². The number of anilines is 3. The Kier molecular flexibility index (Phi) is 4.43. The van der Waals surface area contributed by atoms with Gasteiger partial charge in [-0.15, -0.1) is 0 Å². The highest BCUT2D eigenvalue weighted by atomic mass is 16.3. The molecular formula is C19H16N2O4. The molecule has 0 bridgehead atoms. The number of rotatable bonds is 4. The largest absolute Gasteiger partial charge is 0.504 e. The summed E-state index contributed by atoms with van der Waals surface area (Å²) in [6, 6.07) is 18.9. The van der Waals surface area contributed by atoms with Gasteiger partial charge in [-0.2, -0.15) is 0 Å². The molecule has 0 aromatic heterocycles. The van der Waals surface area contributed by atoms with Gasteiger partial charge in [0.15, 0.2) is 17.2 Å². The molecule has 0 aliphatic carbocycles. The third kappa shape index (κ3) is 3.81. The van der Waals surface area contributed by atoms with Crippen molar-refractivity contribution in [2.45, 2.75) is 0 Å². The fourth-order valence-corrected chi connectivity index (χ4v) is 2.26. The molecule has 0 heterocycles. The molecule has 126 valence electrons. The zero-order valence-corrected chi connectivity index (χ0v) is 13.1. The second-order valence-corrected chi connectivity index (χ2v) is 5.39. The molecule has 0 saturated carbocycles. The van der Waals surface area contributed by atoms with Gasteiger partial charge in [-0.25, -0.2) is 0 Å². The van der Waals surface area contributed by atoms with Crippen LogP contribution in [0.5, 0.6) is 17.2 Å². The summed E-state index contributed by atoms with van der Waals surface area (Å²) < 4.78 is 0. The second-order valence-electron chi connectivity index (χ2n) is 5.39. The van der Waals surface area contributed by atoms with Gasteiger partial charge in [0.2, 0.25) is 0 Å². The van der Waals surface area contributed by atoms with E-state index in [0.29, 0.717) is 5.69 Å². The molecule has 3 aromatic rings. The van der Waals surface area contributed by atoms with Crippen LogP contribution in [0.1, 0.15) is 10.4 Å². The molecule has 0 fully saturated rings. The zero-order chi connectivity index (χ0) is 17.8. The van der Waals surface area contributed by atoms with Crippen molar-refractivity contribution >= 4 is 23.0 Å². The number of hydrogen-bond donors (Lipinski definition) is 5. The molecule has 0 radical (unpaired) electrons. The quantitative estimate of drug-likeness (QED) is 0.467. The Bertz CT molecular complexity index is 870. The first kappa shape index (κ1) is 16.2. The predicted octanol–water partition coefficient (Wildman–Crippen LogP) is 3.80. The Morgan fingerprint density at radius 3 is 1.84 bits per heavy atom. The van der Waals surface area contributed by atoms with Gasteiger partial charge < -0.3 is 26.0 Å². The average Bonchev–Trinajstić information content (AvgIpc) is 2.62. The van der Waals surface area contributed by atoms with Gasteiger partial charge in [0.1, 0.15) is 0 Å². The molecule has 25 heavy (non-hydrogen) atoms. The van der Waals surface area contributed by atoms with E-state index < -0.39 is 23.2 Å². The maximum absolute atomic E-state index is 12.2. The molecule has 0 saturated heterocycles. The van der Waals surface area contributed by atoms with Gasteiger partial charge in [-0.05, 0) is 48.5 Å². The fraction of sp³-hybridized carbons (Fsp3) is 0. The van der Waals surface area contributed by atoms with E-state index in [2.05, 4.69) is 10.6 Å². The van der Waals surface area contributed by atoms with Crippen LogP contribution in [0.3, 0.4) is 0 Å². The smallest absolute Gasteiger partial charge is 0.255 e. The maximum atomic E-state index is 12.2. The molecule has 0 aliphatic rings. The van der Waals surface area contributed by atoms with Crippen LogP contribution in [0.2, 0.25) is 0 Å². The molecule has 3 aromatic carbocycles. The summed E-state index contributed by atoms with van der Waals surface area (Å²) in [6.45, 7) is 0. The van der Waals surface area contributed by atoms with Crippen molar-refractivity contribution in [2.24, 2.45) is 0 Å². The minimum Gasteiger partial charge on any atom is -0.504 e. The number of para-hydroxylation sites is 1. The highest BCUT2D eigenvalue weighted by Gasteiger charge is 2.13. The zero-order valence-electron chi connectivity index (χ0n) is 13.1. The van der Waals surface area contributed by atoms with E-state index in [1.165, 1.54) is 0 Å². The number of amides is 1. The molecule has 6 heteroatoms. The van der Waals surface area contributed by atoms with Gasteiger partial charge in [0, 0.05) is 22.6 Å². The van der Waals surface area contributed by atoms with Crippen molar-refractivity contribution in [1.29, 1.82) is 0 Å². The predicted molar refractivity (Wildman–Crippen MR) is 95.6 cm³/mol. The van der Waals surface area contributed by atoms with E-state index in [1.807, 2.05) is 42.5 Å². The van der Waals surface area contributed by atoms with Gasteiger partial charge >= 0.3 is 0 Å². The Hall–Kier alpha value is -3.67. The molecule has 0 spiro atoms. The van der Waals surface area contributed by atoms with E-state index in [4.69, 9.17) is 0 Å². The number of phenols is 3. The van der Waals surface area contributed by atoms with Crippen LogP contribution in [0.4, 0.5) is 17.1 Å². The lowest BCUT2D eigenvalue weighted by atomic mass is 10.1. The van der Waals surface area contributed by atoms with Gasteiger partial charge in [0.25, 0.3) is 5.91 Å². The number of benzene rings is 3. The van der Waals surface area contributed by atoms with Crippen LogP contribution in [0.25, 0.3) is 0 Å². The molecule has 0 aliphatic heterocycles. The van der Waals surface area contributed by atoms with Crippen LogP contribution in [-0.2, 0) is 0 Å². The summed E-state index contributed by atoms with van der Waals surface area (Å²) in [5.74, 6) is -2.30. The van der Waals surface area contributed by atoms with E-state index in [0.717, 1.165) is 23.5 Å². The second kappa shape index (κ2) is 6.84. The summed E-state index contributed by atoms with van der Waals surface area (Å²) in [7, 11) is 0. The molecule has 0 atom stereocenters. The molecule has 3 rings (SSSR count). The van der Waals surface area contributed by atoms with Gasteiger partial charge in [-0.3, -0.25) is 4.79 Å². The molecule has 5 N–H and O–H groups in total. The number of aromatic hydroxyl groups is 3. The van der Waals surface area contributed by atoms with Crippen LogP contribution in [-0.4, -0.2) is 21.2 Å². The van der Waals surface area contributed by atoms with Crippen molar-refractivity contribution in [2.75, 3.05) is 10.6 Å². The number of carbonyl (C=O) groups is 1. The highest BCUT2D eigenvalue weighted by molar-refractivity contribution is 6.05. The summed E-state index contributed by atoms with van der Waals surface area (Å²) in [6.07, 6.45) is 0. The van der Waals surface area contributed by atoms with Crippen LogP contribution < -0.4 is 10.6 Å². The topological polar surface area (TPSA) is 102 Å². The third-order valence-electron chi connectivity index (χ3n) is 3.54. The van der Waals surface area contributed by atoms with Crippen LogP contribution >= 0.6 is 0 Å². The first-order valence-electron chi connectivity index (χ1n) is 7.51. The summed E-state index contributed by atoms with van der Waals surface area (Å²) in [5, 5.41) is 34.1. The minimum atomic E-state index is -0.659. The van der Waals surface area contributed by atoms with E-state index in [9.17, 15) is 20.1 Å². The Labute approximate surface area is 144 Å². The van der Waals surface area contributed by atoms with Gasteiger partial charge in [0.05, 0.1) is 0 Å². The monoisotopic (exact) mass is 336 g/mol. The molecule has 6 nitrogen and oxygen atoms in total.